The number of nitrogens with one attached hydrogen (secondary N) is 1. The third-order valence-corrected chi connectivity index (χ3v) is 3.73. The molecule has 0 radical (unpaired) electrons. The van der Waals surface area contributed by atoms with E-state index in [4.69, 9.17) is 4.74 Å². The number of ether oxygens (including phenoxy) is 1. The zero-order valence-electron chi connectivity index (χ0n) is 10.4. The van der Waals surface area contributed by atoms with Crippen LogP contribution in [0.2, 0.25) is 0 Å². The summed E-state index contributed by atoms with van der Waals surface area (Å²) in [6.07, 6.45) is 0. The average Bonchev–Trinajstić information content (AvgIpc) is 2.35. The molecule has 0 saturated carbocycles. The molecule has 0 aliphatic rings. The molecule has 1 aromatic carbocycles. The summed E-state index contributed by atoms with van der Waals surface area (Å²) in [6.45, 7) is 1.30. The highest BCUT2D eigenvalue weighted by Crippen LogP contribution is 2.23. The smallest absolute Gasteiger partial charge is 0.497 e. The van der Waals surface area contributed by atoms with Gasteiger partial charge in [0.25, 0.3) is 0 Å². The topological polar surface area (TPSA) is 55.4 Å². The number of rotatable bonds is 5. The molecule has 19 heavy (non-hydrogen) atoms. The van der Waals surface area contributed by atoms with Crippen LogP contribution in [0.1, 0.15) is 18.4 Å². The number of methoxy groups -OCH3 is 1. The van der Waals surface area contributed by atoms with Crippen molar-refractivity contribution in [3.63, 3.8) is 0 Å². The number of sulfonamides is 1. The second-order valence-corrected chi connectivity index (χ2v) is 5.73. The molecule has 1 N–H and O–H groups in total. The van der Waals surface area contributed by atoms with Gasteiger partial charge >= 0.3 is 15.5 Å². The van der Waals surface area contributed by atoms with Gasteiger partial charge in [-0.2, -0.15) is 13.2 Å². The Morgan fingerprint density at radius 2 is 1.79 bits per heavy atom. The van der Waals surface area contributed by atoms with E-state index in [1.807, 2.05) is 0 Å². The Kier molecular flexibility index (Phi) is 4.81. The van der Waals surface area contributed by atoms with Gasteiger partial charge < -0.3 is 4.74 Å². The lowest BCUT2D eigenvalue weighted by Crippen LogP contribution is -2.38. The molecule has 0 amide bonds. The molecule has 0 aliphatic carbocycles. The van der Waals surface area contributed by atoms with E-state index in [9.17, 15) is 21.6 Å². The molecule has 8 heteroatoms. The summed E-state index contributed by atoms with van der Waals surface area (Å²) < 4.78 is 64.5. The van der Waals surface area contributed by atoms with Crippen LogP contribution in [0.3, 0.4) is 0 Å². The minimum Gasteiger partial charge on any atom is -0.497 e. The minimum atomic E-state index is -5.29. The predicted octanol–water partition coefficient (Wildman–Crippen LogP) is 2.24. The van der Waals surface area contributed by atoms with E-state index in [2.05, 4.69) is 0 Å². The zero-order chi connectivity index (χ0) is 14.7. The van der Waals surface area contributed by atoms with Gasteiger partial charge in [0.2, 0.25) is 0 Å². The molecule has 0 fully saturated rings. The van der Waals surface area contributed by atoms with Crippen molar-refractivity contribution in [3.8, 4) is 5.75 Å². The summed E-state index contributed by atoms with van der Waals surface area (Å²) in [4.78, 5) is 0. The molecule has 108 valence electrons. The molecule has 1 aromatic rings. The SMILES string of the molecule is COc1ccc(C(C)CNS(=O)(=O)C(F)(F)F)cc1. The van der Waals surface area contributed by atoms with Crippen LogP contribution in [0.15, 0.2) is 24.3 Å². The van der Waals surface area contributed by atoms with Crippen molar-refractivity contribution in [1.82, 2.24) is 4.72 Å². The summed E-state index contributed by atoms with van der Waals surface area (Å²) in [5.41, 5.74) is -4.57. The van der Waals surface area contributed by atoms with Gasteiger partial charge in [-0.25, -0.2) is 13.1 Å². The Morgan fingerprint density at radius 1 is 1.26 bits per heavy atom. The summed E-state index contributed by atoms with van der Waals surface area (Å²) in [6, 6.07) is 6.66. The van der Waals surface area contributed by atoms with E-state index < -0.39 is 15.5 Å². The predicted molar refractivity (Wildman–Crippen MR) is 64.4 cm³/mol. The first-order valence-electron chi connectivity index (χ1n) is 5.37. The Balaban J connectivity index is 2.68. The average molecular weight is 297 g/mol. The van der Waals surface area contributed by atoms with Crippen LogP contribution in [0.5, 0.6) is 5.75 Å². The van der Waals surface area contributed by atoms with Crippen LogP contribution in [0, 0.1) is 0 Å². The fourth-order valence-electron chi connectivity index (χ4n) is 1.37. The van der Waals surface area contributed by atoms with E-state index in [0.29, 0.717) is 11.3 Å². The quantitative estimate of drug-likeness (QED) is 0.907. The largest absolute Gasteiger partial charge is 0.511 e. The molecule has 1 unspecified atom stereocenters. The number of benzene rings is 1. The third-order valence-electron chi connectivity index (χ3n) is 2.57. The Labute approximate surface area is 109 Å². The number of hydrogen-bond donors (Lipinski definition) is 1. The van der Waals surface area contributed by atoms with Crippen LogP contribution in [0.25, 0.3) is 0 Å². The first kappa shape index (κ1) is 15.8. The highest BCUT2D eigenvalue weighted by molar-refractivity contribution is 7.90. The van der Waals surface area contributed by atoms with Gasteiger partial charge in [0.15, 0.2) is 0 Å². The minimum absolute atomic E-state index is 0.325. The molecule has 1 atom stereocenters. The Hall–Kier alpha value is -1.28. The fraction of sp³-hybridized carbons (Fsp3) is 0.455. The van der Waals surface area contributed by atoms with Gasteiger partial charge in [-0.15, -0.1) is 0 Å². The summed E-state index contributed by atoms with van der Waals surface area (Å²) in [5, 5.41) is 0. The van der Waals surface area contributed by atoms with Gasteiger partial charge in [-0.3, -0.25) is 0 Å². The maximum Gasteiger partial charge on any atom is 0.511 e. The van der Waals surface area contributed by atoms with E-state index in [1.165, 1.54) is 7.11 Å². The molecular formula is C11H14F3NO3S. The number of alkyl halides is 3. The normalized spacial score (nSPS) is 14.2. The van der Waals surface area contributed by atoms with Crippen molar-refractivity contribution in [2.75, 3.05) is 13.7 Å². The van der Waals surface area contributed by atoms with Crippen LogP contribution in [0.4, 0.5) is 13.2 Å². The molecule has 0 aliphatic heterocycles. The van der Waals surface area contributed by atoms with E-state index in [0.717, 1.165) is 0 Å². The van der Waals surface area contributed by atoms with Gasteiger partial charge in [0, 0.05) is 6.54 Å². The van der Waals surface area contributed by atoms with Crippen molar-refractivity contribution in [1.29, 1.82) is 0 Å². The standard InChI is InChI=1S/C11H14F3NO3S/c1-8(7-15-19(16,17)11(12,13)14)9-3-5-10(18-2)6-4-9/h3-6,8,15H,7H2,1-2H3. The van der Waals surface area contributed by atoms with Crippen LogP contribution in [-0.4, -0.2) is 27.6 Å². The molecule has 0 heterocycles. The summed E-state index contributed by atoms with van der Waals surface area (Å²) in [7, 11) is -3.79. The molecule has 4 nitrogen and oxygen atoms in total. The third kappa shape index (κ3) is 4.10. The van der Waals surface area contributed by atoms with Crippen molar-refractivity contribution < 1.29 is 26.3 Å². The van der Waals surface area contributed by atoms with E-state index in [1.54, 1.807) is 35.9 Å². The Morgan fingerprint density at radius 3 is 2.21 bits per heavy atom. The molecule has 0 spiro atoms. The van der Waals surface area contributed by atoms with Crippen molar-refractivity contribution in [2.24, 2.45) is 0 Å². The first-order chi connectivity index (χ1) is 8.67. The Bertz CT molecular complexity index is 511. The summed E-state index contributed by atoms with van der Waals surface area (Å²) in [5.74, 6) is 0.231. The lowest BCUT2D eigenvalue weighted by molar-refractivity contribution is -0.0447. The first-order valence-corrected chi connectivity index (χ1v) is 6.85. The van der Waals surface area contributed by atoms with Crippen LogP contribution in [-0.2, 0) is 10.0 Å². The molecule has 0 bridgehead atoms. The molecule has 0 saturated heterocycles. The number of halogens is 3. The number of hydrogen-bond acceptors (Lipinski definition) is 3. The fourth-order valence-corrected chi connectivity index (χ4v) is 2.00. The van der Waals surface area contributed by atoms with E-state index >= 15 is 0 Å². The monoisotopic (exact) mass is 297 g/mol. The molecular weight excluding hydrogens is 283 g/mol. The second-order valence-electron chi connectivity index (χ2n) is 3.97. The van der Waals surface area contributed by atoms with Crippen LogP contribution >= 0.6 is 0 Å². The molecule has 0 aromatic heterocycles. The lowest BCUT2D eigenvalue weighted by atomic mass is 10.0. The van der Waals surface area contributed by atoms with Gasteiger partial charge in [0.05, 0.1) is 7.11 Å². The van der Waals surface area contributed by atoms with Gasteiger partial charge in [-0.05, 0) is 23.6 Å². The van der Waals surface area contributed by atoms with Gasteiger partial charge in [-0.1, -0.05) is 19.1 Å². The van der Waals surface area contributed by atoms with E-state index in [-0.39, 0.29) is 12.5 Å². The lowest BCUT2D eigenvalue weighted by Gasteiger charge is -2.15. The maximum absolute atomic E-state index is 12.1. The van der Waals surface area contributed by atoms with Gasteiger partial charge in [0.1, 0.15) is 5.75 Å². The zero-order valence-corrected chi connectivity index (χ0v) is 11.2. The van der Waals surface area contributed by atoms with Crippen molar-refractivity contribution in [3.05, 3.63) is 29.8 Å². The highest BCUT2D eigenvalue weighted by Gasteiger charge is 2.45. The second kappa shape index (κ2) is 5.79. The van der Waals surface area contributed by atoms with Crippen molar-refractivity contribution in [2.45, 2.75) is 18.3 Å². The van der Waals surface area contributed by atoms with Crippen LogP contribution < -0.4 is 9.46 Å². The summed E-state index contributed by atoms with van der Waals surface area (Å²) >= 11 is 0. The molecule has 1 rings (SSSR count). The maximum atomic E-state index is 12.1. The van der Waals surface area contributed by atoms with Crippen molar-refractivity contribution >= 4 is 10.0 Å². The highest BCUT2D eigenvalue weighted by atomic mass is 32.2.